The minimum atomic E-state index is -0.420. The number of aryl methyl sites for hydroxylation is 1. The molecule has 136 valence electrons. The maximum Gasteiger partial charge on any atom is 0.339 e. The average Bonchev–Trinajstić information content (AvgIpc) is 3.31. The molecular weight excluding hydrogens is 384 g/mol. The molecule has 0 aliphatic carbocycles. The second-order valence-electron chi connectivity index (χ2n) is 6.00. The summed E-state index contributed by atoms with van der Waals surface area (Å²) in [6, 6.07) is 9.20. The molecule has 4 aromatic rings. The van der Waals surface area contributed by atoms with Crippen LogP contribution in [0.25, 0.3) is 11.0 Å². The fraction of sp³-hybridized carbons (Fsp3) is 0.158. The molecule has 0 fully saturated rings. The second kappa shape index (κ2) is 7.46. The number of ether oxygens (including phenoxy) is 1. The highest BCUT2D eigenvalue weighted by Gasteiger charge is 2.17. The Bertz CT molecular complexity index is 1090. The van der Waals surface area contributed by atoms with Gasteiger partial charge >= 0.3 is 5.97 Å². The zero-order valence-corrected chi connectivity index (χ0v) is 16.0. The van der Waals surface area contributed by atoms with Gasteiger partial charge in [-0.05, 0) is 30.5 Å². The van der Waals surface area contributed by atoms with E-state index >= 15 is 0 Å². The van der Waals surface area contributed by atoms with Gasteiger partial charge in [0.05, 0.1) is 23.7 Å². The van der Waals surface area contributed by atoms with Crippen LogP contribution in [-0.4, -0.2) is 25.7 Å². The largest absolute Gasteiger partial charge is 0.457 e. The van der Waals surface area contributed by atoms with Crippen molar-refractivity contribution >= 4 is 39.9 Å². The third-order valence-corrected chi connectivity index (χ3v) is 5.09. The van der Waals surface area contributed by atoms with Crippen LogP contribution in [0.5, 0.6) is 0 Å². The summed E-state index contributed by atoms with van der Waals surface area (Å²) in [7, 11) is 0. The Hall–Kier alpha value is -2.77. The minimum absolute atomic E-state index is 0.120. The zero-order valence-electron chi connectivity index (χ0n) is 14.4. The maximum absolute atomic E-state index is 12.6. The van der Waals surface area contributed by atoms with Gasteiger partial charge in [-0.25, -0.2) is 19.4 Å². The van der Waals surface area contributed by atoms with E-state index in [1.807, 2.05) is 24.4 Å². The first-order valence-corrected chi connectivity index (χ1v) is 9.49. The number of esters is 1. The molecule has 0 aliphatic rings. The van der Waals surface area contributed by atoms with Crippen LogP contribution in [0.4, 0.5) is 0 Å². The molecule has 0 radical (unpaired) electrons. The van der Waals surface area contributed by atoms with Gasteiger partial charge in [0.15, 0.2) is 5.65 Å². The molecule has 4 aromatic heterocycles. The lowest BCUT2D eigenvalue weighted by Crippen LogP contribution is -2.08. The lowest BCUT2D eigenvalue weighted by Gasteiger charge is -2.07. The van der Waals surface area contributed by atoms with Crippen molar-refractivity contribution in [1.29, 1.82) is 0 Å². The van der Waals surface area contributed by atoms with Crippen molar-refractivity contribution in [1.82, 2.24) is 19.7 Å². The fourth-order valence-corrected chi connectivity index (χ4v) is 3.52. The van der Waals surface area contributed by atoms with E-state index in [1.165, 1.54) is 4.88 Å². The van der Waals surface area contributed by atoms with Gasteiger partial charge in [-0.2, -0.15) is 5.10 Å². The lowest BCUT2D eigenvalue weighted by molar-refractivity contribution is 0.0474. The number of pyridine rings is 2. The number of carbonyl (C=O) groups excluding carboxylic acids is 1. The molecule has 8 heteroatoms. The Balaban J connectivity index is 1.60. The highest BCUT2D eigenvalue weighted by Crippen LogP contribution is 2.21. The van der Waals surface area contributed by atoms with E-state index in [4.69, 9.17) is 16.3 Å². The van der Waals surface area contributed by atoms with Gasteiger partial charge in [0.2, 0.25) is 0 Å². The zero-order chi connectivity index (χ0) is 18.8. The van der Waals surface area contributed by atoms with Crippen molar-refractivity contribution < 1.29 is 9.53 Å². The van der Waals surface area contributed by atoms with Gasteiger partial charge in [0.1, 0.15) is 11.8 Å². The van der Waals surface area contributed by atoms with E-state index in [1.54, 1.807) is 46.6 Å². The predicted octanol–water partition coefficient (Wildman–Crippen LogP) is 4.25. The summed E-state index contributed by atoms with van der Waals surface area (Å²) in [5, 5.41) is 7.51. The number of rotatable bonds is 5. The first-order chi connectivity index (χ1) is 13.1. The summed E-state index contributed by atoms with van der Waals surface area (Å²) >= 11 is 7.43. The Kier molecular flexibility index (Phi) is 4.87. The molecule has 0 aromatic carbocycles. The van der Waals surface area contributed by atoms with Crippen molar-refractivity contribution in [3.05, 3.63) is 75.0 Å². The van der Waals surface area contributed by atoms with Gasteiger partial charge in [-0.3, -0.25) is 0 Å². The van der Waals surface area contributed by atoms with Crippen LogP contribution >= 0.6 is 22.9 Å². The topological polar surface area (TPSA) is 69.9 Å². The molecule has 0 aliphatic heterocycles. The molecule has 6 nitrogen and oxygen atoms in total. The fourth-order valence-electron chi connectivity index (χ4n) is 2.73. The number of thiophene rings is 1. The molecule has 0 spiro atoms. The first kappa shape index (κ1) is 17.6. The second-order valence-corrected chi connectivity index (χ2v) is 7.41. The van der Waals surface area contributed by atoms with E-state index in [-0.39, 0.29) is 6.61 Å². The van der Waals surface area contributed by atoms with Gasteiger partial charge < -0.3 is 4.74 Å². The molecule has 27 heavy (non-hydrogen) atoms. The molecule has 0 bridgehead atoms. The van der Waals surface area contributed by atoms with Crippen LogP contribution in [0, 0.1) is 6.92 Å². The van der Waals surface area contributed by atoms with Crippen LogP contribution in [0.1, 0.15) is 26.5 Å². The summed E-state index contributed by atoms with van der Waals surface area (Å²) in [5.74, 6) is -0.420. The van der Waals surface area contributed by atoms with Gasteiger partial charge in [0, 0.05) is 22.3 Å². The number of hydrogen-bond donors (Lipinski definition) is 0. The predicted molar refractivity (Wildman–Crippen MR) is 104 cm³/mol. The maximum atomic E-state index is 12.6. The summed E-state index contributed by atoms with van der Waals surface area (Å²) in [5.41, 5.74) is 2.62. The smallest absolute Gasteiger partial charge is 0.339 e. The van der Waals surface area contributed by atoms with Gasteiger partial charge in [0.25, 0.3) is 0 Å². The normalized spacial score (nSPS) is 11.0. The minimum Gasteiger partial charge on any atom is -0.457 e. The summed E-state index contributed by atoms with van der Waals surface area (Å²) in [4.78, 5) is 22.4. The molecule has 0 saturated heterocycles. The van der Waals surface area contributed by atoms with E-state index in [0.717, 1.165) is 11.3 Å². The molecular formula is C19H15ClN4O2S. The highest BCUT2D eigenvalue weighted by atomic mass is 35.5. The summed E-state index contributed by atoms with van der Waals surface area (Å²) in [6.45, 7) is 2.58. The Morgan fingerprint density at radius 1 is 1.30 bits per heavy atom. The van der Waals surface area contributed by atoms with Gasteiger partial charge in [-0.1, -0.05) is 23.7 Å². The number of aromatic nitrogens is 4. The molecule has 0 amide bonds. The van der Waals surface area contributed by atoms with Gasteiger partial charge in [-0.15, -0.1) is 11.3 Å². The van der Waals surface area contributed by atoms with Crippen molar-refractivity contribution in [2.75, 3.05) is 0 Å². The molecule has 4 rings (SSSR count). The standard InChI is InChI=1S/C19H15ClN4O2S/c1-12-7-15(19(25)26-11-13-4-5-17(20)21-8-13)16-9-22-24(18(16)23-12)10-14-3-2-6-27-14/h2-9H,10-11H2,1H3. The SMILES string of the molecule is Cc1cc(C(=O)OCc2ccc(Cl)nc2)c2cnn(Cc3cccs3)c2n1. The van der Waals surface area contributed by atoms with E-state index < -0.39 is 5.97 Å². The van der Waals surface area contributed by atoms with Crippen LogP contribution < -0.4 is 0 Å². The van der Waals surface area contributed by atoms with E-state index in [0.29, 0.717) is 28.3 Å². The van der Waals surface area contributed by atoms with E-state index in [9.17, 15) is 4.79 Å². The van der Waals surface area contributed by atoms with Crippen LogP contribution in [0.15, 0.2) is 48.1 Å². The van der Waals surface area contributed by atoms with Crippen LogP contribution in [-0.2, 0) is 17.9 Å². The Morgan fingerprint density at radius 2 is 2.19 bits per heavy atom. The molecule has 0 N–H and O–H groups in total. The van der Waals surface area contributed by atoms with Crippen LogP contribution in [0.3, 0.4) is 0 Å². The molecule has 0 unspecified atom stereocenters. The molecule has 0 saturated carbocycles. The van der Waals surface area contributed by atoms with Crippen molar-refractivity contribution in [2.45, 2.75) is 20.1 Å². The monoisotopic (exact) mass is 398 g/mol. The first-order valence-electron chi connectivity index (χ1n) is 8.23. The summed E-state index contributed by atoms with van der Waals surface area (Å²) in [6.07, 6.45) is 3.25. The summed E-state index contributed by atoms with van der Waals surface area (Å²) < 4.78 is 7.25. The highest BCUT2D eigenvalue weighted by molar-refractivity contribution is 7.09. The number of fused-ring (bicyclic) bond motifs is 1. The number of halogens is 1. The molecule has 0 atom stereocenters. The lowest BCUT2D eigenvalue weighted by atomic mass is 10.1. The van der Waals surface area contributed by atoms with Crippen molar-refractivity contribution in [3.63, 3.8) is 0 Å². The van der Waals surface area contributed by atoms with Crippen molar-refractivity contribution in [2.24, 2.45) is 0 Å². The van der Waals surface area contributed by atoms with Crippen molar-refractivity contribution in [3.8, 4) is 0 Å². The quantitative estimate of drug-likeness (QED) is 0.371. The number of hydrogen-bond acceptors (Lipinski definition) is 6. The average molecular weight is 399 g/mol. The third-order valence-electron chi connectivity index (χ3n) is 4.00. The number of carbonyl (C=O) groups is 1. The Morgan fingerprint density at radius 3 is 2.93 bits per heavy atom. The Labute approximate surface area is 164 Å². The third kappa shape index (κ3) is 3.84. The van der Waals surface area contributed by atoms with Crippen LogP contribution in [0.2, 0.25) is 5.15 Å². The number of nitrogens with zero attached hydrogens (tertiary/aromatic N) is 4. The molecule has 4 heterocycles. The van der Waals surface area contributed by atoms with E-state index in [2.05, 4.69) is 15.1 Å².